The summed E-state index contributed by atoms with van der Waals surface area (Å²) in [6.45, 7) is 1.39. The Morgan fingerprint density at radius 2 is 1.84 bits per heavy atom. The molecule has 3 fully saturated rings. The Bertz CT molecular complexity index is 823. The summed E-state index contributed by atoms with van der Waals surface area (Å²) in [4.78, 5) is 29.4. The first-order chi connectivity index (χ1) is 15.5. The predicted molar refractivity (Wildman–Crippen MR) is 127 cm³/mol. The van der Waals surface area contributed by atoms with E-state index in [0.29, 0.717) is 18.9 Å². The number of urea groups is 1. The van der Waals surface area contributed by atoms with Gasteiger partial charge >= 0.3 is 6.03 Å². The van der Waals surface area contributed by atoms with E-state index < -0.39 is 5.54 Å². The Balaban J connectivity index is 1.41. The molecular formula is C25H37N5O2. The molecule has 2 saturated heterocycles. The molecule has 0 unspecified atom stereocenters. The van der Waals surface area contributed by atoms with E-state index in [1.807, 2.05) is 35.2 Å². The first-order valence-electron chi connectivity index (χ1n) is 12.2. The van der Waals surface area contributed by atoms with Gasteiger partial charge in [0.15, 0.2) is 5.96 Å². The van der Waals surface area contributed by atoms with E-state index >= 15 is 0 Å². The SMILES string of the molecule is CN1C(=N)N[C@](CCC2CCCCC2)(C[C@H]2CCCN(C(=O)Nc3ccccc3)C2)C1=O. The van der Waals surface area contributed by atoms with Gasteiger partial charge in [0.2, 0.25) is 0 Å². The molecule has 3 amide bonds. The number of anilines is 1. The van der Waals surface area contributed by atoms with E-state index in [2.05, 4.69) is 10.6 Å². The van der Waals surface area contributed by atoms with Crippen molar-refractivity contribution in [2.45, 2.75) is 69.7 Å². The van der Waals surface area contributed by atoms with Crippen LogP contribution in [0.1, 0.15) is 64.2 Å². The van der Waals surface area contributed by atoms with Crippen molar-refractivity contribution in [2.75, 3.05) is 25.5 Å². The Hall–Kier alpha value is -2.57. The van der Waals surface area contributed by atoms with Gasteiger partial charge in [-0.25, -0.2) is 4.79 Å². The van der Waals surface area contributed by atoms with Gasteiger partial charge in [-0.2, -0.15) is 0 Å². The van der Waals surface area contributed by atoms with Crippen LogP contribution in [0.2, 0.25) is 0 Å². The number of nitrogens with zero attached hydrogens (tertiary/aromatic N) is 2. The highest BCUT2D eigenvalue weighted by Gasteiger charge is 2.49. The number of guanidine groups is 1. The average Bonchev–Trinajstić information content (AvgIpc) is 3.03. The second kappa shape index (κ2) is 9.92. The zero-order chi connectivity index (χ0) is 22.6. The summed E-state index contributed by atoms with van der Waals surface area (Å²) in [7, 11) is 1.69. The molecule has 1 aromatic rings. The molecule has 7 nitrogen and oxygen atoms in total. The van der Waals surface area contributed by atoms with Crippen LogP contribution in [0.25, 0.3) is 0 Å². The molecule has 1 aromatic carbocycles. The summed E-state index contributed by atoms with van der Waals surface area (Å²) in [6, 6.07) is 9.46. The Morgan fingerprint density at radius 1 is 1.12 bits per heavy atom. The molecule has 0 bridgehead atoms. The molecule has 4 rings (SSSR count). The van der Waals surface area contributed by atoms with E-state index in [-0.39, 0.29) is 23.8 Å². The van der Waals surface area contributed by atoms with Gasteiger partial charge in [-0.3, -0.25) is 15.1 Å². The van der Waals surface area contributed by atoms with Gasteiger partial charge in [0.05, 0.1) is 0 Å². The number of piperidine rings is 1. The van der Waals surface area contributed by atoms with Crippen LogP contribution in [0.15, 0.2) is 30.3 Å². The molecule has 1 aliphatic carbocycles. The van der Waals surface area contributed by atoms with E-state index in [0.717, 1.165) is 37.9 Å². The summed E-state index contributed by atoms with van der Waals surface area (Å²) >= 11 is 0. The number of nitrogens with one attached hydrogen (secondary N) is 3. The molecule has 174 valence electrons. The molecule has 1 saturated carbocycles. The monoisotopic (exact) mass is 439 g/mol. The van der Waals surface area contributed by atoms with Crippen LogP contribution in [0.4, 0.5) is 10.5 Å². The Labute approximate surface area is 191 Å². The van der Waals surface area contributed by atoms with Crippen molar-refractivity contribution < 1.29 is 9.59 Å². The number of rotatable bonds is 6. The molecule has 2 aliphatic heterocycles. The molecule has 2 heterocycles. The molecule has 0 radical (unpaired) electrons. The van der Waals surface area contributed by atoms with Gasteiger partial charge in [-0.05, 0) is 56.1 Å². The van der Waals surface area contributed by atoms with E-state index in [1.165, 1.54) is 37.0 Å². The van der Waals surface area contributed by atoms with Crippen molar-refractivity contribution in [3.8, 4) is 0 Å². The molecule has 3 aliphatic rings. The maximum absolute atomic E-state index is 13.3. The van der Waals surface area contributed by atoms with Crippen LogP contribution in [-0.4, -0.2) is 53.4 Å². The van der Waals surface area contributed by atoms with Gasteiger partial charge in [-0.15, -0.1) is 0 Å². The Morgan fingerprint density at radius 3 is 2.53 bits per heavy atom. The quantitative estimate of drug-likeness (QED) is 0.613. The van der Waals surface area contributed by atoms with Crippen LogP contribution in [0.5, 0.6) is 0 Å². The average molecular weight is 440 g/mol. The molecule has 0 aromatic heterocycles. The topological polar surface area (TPSA) is 88.5 Å². The zero-order valence-electron chi connectivity index (χ0n) is 19.2. The predicted octanol–water partition coefficient (Wildman–Crippen LogP) is 4.42. The first-order valence-corrected chi connectivity index (χ1v) is 12.2. The lowest BCUT2D eigenvalue weighted by Crippen LogP contribution is -2.51. The maximum Gasteiger partial charge on any atom is 0.321 e. The minimum absolute atomic E-state index is 0.0177. The van der Waals surface area contributed by atoms with Gasteiger partial charge in [0.1, 0.15) is 5.54 Å². The fourth-order valence-electron chi connectivity index (χ4n) is 5.76. The number of hydrogen-bond acceptors (Lipinski definition) is 3. The normalized spacial score (nSPS) is 26.8. The number of para-hydroxylation sites is 1. The molecule has 2 atom stereocenters. The molecule has 3 N–H and O–H groups in total. The van der Waals surface area contributed by atoms with Gasteiger partial charge in [0, 0.05) is 25.8 Å². The fourth-order valence-corrected chi connectivity index (χ4v) is 5.76. The third-order valence-electron chi connectivity index (χ3n) is 7.58. The lowest BCUT2D eigenvalue weighted by atomic mass is 9.77. The van der Waals surface area contributed by atoms with Crippen molar-refractivity contribution in [1.82, 2.24) is 15.1 Å². The lowest BCUT2D eigenvalue weighted by Gasteiger charge is -2.38. The largest absolute Gasteiger partial charge is 0.342 e. The number of carbonyl (C=O) groups excluding carboxylic acids is 2. The highest BCUT2D eigenvalue weighted by molar-refractivity contribution is 6.07. The van der Waals surface area contributed by atoms with Crippen molar-refractivity contribution in [3.05, 3.63) is 30.3 Å². The number of hydrogen-bond donors (Lipinski definition) is 3. The second-order valence-corrected chi connectivity index (χ2v) is 9.92. The number of likely N-dealkylation sites (tertiary alicyclic amines) is 1. The van der Waals surface area contributed by atoms with Crippen LogP contribution in [-0.2, 0) is 4.79 Å². The number of amides is 3. The van der Waals surface area contributed by atoms with Crippen molar-refractivity contribution in [2.24, 2.45) is 11.8 Å². The highest BCUT2D eigenvalue weighted by Crippen LogP contribution is 2.36. The van der Waals surface area contributed by atoms with Crippen LogP contribution in [0.3, 0.4) is 0 Å². The summed E-state index contributed by atoms with van der Waals surface area (Å²) < 4.78 is 0. The van der Waals surface area contributed by atoms with E-state index in [1.54, 1.807) is 7.05 Å². The van der Waals surface area contributed by atoms with Gasteiger partial charge in [-0.1, -0.05) is 50.3 Å². The summed E-state index contributed by atoms with van der Waals surface area (Å²) in [6.07, 6.45) is 10.9. The van der Waals surface area contributed by atoms with Crippen molar-refractivity contribution in [3.63, 3.8) is 0 Å². The molecule has 7 heteroatoms. The summed E-state index contributed by atoms with van der Waals surface area (Å²) in [5.74, 6) is 1.15. The van der Waals surface area contributed by atoms with Crippen LogP contribution < -0.4 is 10.6 Å². The number of benzene rings is 1. The second-order valence-electron chi connectivity index (χ2n) is 9.92. The van der Waals surface area contributed by atoms with Crippen molar-refractivity contribution >= 4 is 23.6 Å². The highest BCUT2D eigenvalue weighted by atomic mass is 16.2. The molecule has 0 spiro atoms. The van der Waals surface area contributed by atoms with Gasteiger partial charge in [0.25, 0.3) is 5.91 Å². The number of carbonyl (C=O) groups is 2. The van der Waals surface area contributed by atoms with E-state index in [9.17, 15) is 9.59 Å². The number of likely N-dealkylation sites (N-methyl/N-ethyl adjacent to an activating group) is 1. The fraction of sp³-hybridized carbons (Fsp3) is 0.640. The minimum Gasteiger partial charge on any atom is -0.342 e. The smallest absolute Gasteiger partial charge is 0.321 e. The molecular weight excluding hydrogens is 402 g/mol. The molecule has 32 heavy (non-hydrogen) atoms. The maximum atomic E-state index is 13.3. The standard InChI is InChI=1S/C25H37N5O2/c1-29-22(31)25(28-23(29)26,15-14-19-9-4-2-5-10-19)17-20-11-8-16-30(18-20)24(32)27-21-12-6-3-7-13-21/h3,6-7,12-13,19-20H,2,4-5,8-11,14-18H2,1H3,(H2,26,28)(H,27,32)/t20-,25-/m1/s1. The Kier molecular flexibility index (Phi) is 7.01. The van der Waals surface area contributed by atoms with Crippen molar-refractivity contribution in [1.29, 1.82) is 5.41 Å². The van der Waals surface area contributed by atoms with E-state index in [4.69, 9.17) is 5.41 Å². The first kappa shape index (κ1) is 22.6. The lowest BCUT2D eigenvalue weighted by molar-refractivity contribution is -0.131. The summed E-state index contributed by atoms with van der Waals surface area (Å²) in [5, 5.41) is 14.5. The van der Waals surface area contributed by atoms with Crippen LogP contribution >= 0.6 is 0 Å². The third kappa shape index (κ3) is 5.08. The van der Waals surface area contributed by atoms with Crippen LogP contribution in [0, 0.1) is 17.2 Å². The van der Waals surface area contributed by atoms with Gasteiger partial charge < -0.3 is 15.5 Å². The summed E-state index contributed by atoms with van der Waals surface area (Å²) in [5.41, 5.74) is 0.0960. The zero-order valence-corrected chi connectivity index (χ0v) is 19.2. The third-order valence-corrected chi connectivity index (χ3v) is 7.58. The minimum atomic E-state index is -0.702.